The molecule has 7 nitrogen and oxygen atoms in total. The Kier molecular flexibility index (Phi) is 7.06. The average molecular weight is 377 g/mol. The summed E-state index contributed by atoms with van der Waals surface area (Å²) in [7, 11) is 0. The van der Waals surface area contributed by atoms with Crippen LogP contribution in [-0.2, 0) is 19.1 Å². The molecule has 0 aromatic heterocycles. The van der Waals surface area contributed by atoms with Crippen LogP contribution < -0.4 is 10.6 Å². The fourth-order valence-electron chi connectivity index (χ4n) is 2.18. The molecule has 0 unspecified atom stereocenters. The predicted octanol–water partition coefficient (Wildman–Crippen LogP) is 3.10. The highest BCUT2D eigenvalue weighted by Gasteiger charge is 2.16. The summed E-state index contributed by atoms with van der Waals surface area (Å²) in [4.78, 5) is 35.0. The molecule has 2 rings (SSSR count). The molecule has 0 radical (unpaired) electrons. The molecule has 0 aliphatic rings. The van der Waals surface area contributed by atoms with Crippen molar-refractivity contribution in [2.75, 3.05) is 10.6 Å². The minimum atomic E-state index is -0.992. The quantitative estimate of drug-likeness (QED) is 0.594. The number of ether oxygens (including phenoxy) is 1. The van der Waals surface area contributed by atoms with Crippen molar-refractivity contribution in [1.82, 2.24) is 0 Å². The van der Waals surface area contributed by atoms with Crippen LogP contribution >= 0.6 is 0 Å². The minimum absolute atomic E-state index is 0.189. The van der Waals surface area contributed by atoms with Gasteiger partial charge in [-0.25, -0.2) is 4.79 Å². The Hall–Kier alpha value is -3.92. The Morgan fingerprint density at radius 3 is 2.11 bits per heavy atom. The first-order valence-corrected chi connectivity index (χ1v) is 8.45. The van der Waals surface area contributed by atoms with Gasteiger partial charge < -0.3 is 15.4 Å². The van der Waals surface area contributed by atoms with Crippen LogP contribution in [0.5, 0.6) is 0 Å². The summed E-state index contributed by atoms with van der Waals surface area (Å²) in [6, 6.07) is 15.2. The number of nitrogens with zero attached hydrogens (tertiary/aromatic N) is 1. The third-order valence-corrected chi connectivity index (χ3v) is 3.59. The van der Waals surface area contributed by atoms with Crippen molar-refractivity contribution in [3.05, 3.63) is 65.7 Å². The van der Waals surface area contributed by atoms with E-state index in [1.807, 2.05) is 6.07 Å². The SMILES string of the molecule is CC(=O)Nc1ccc(NC(=O)[C@@H](C)OC(=O)/C=C/c2ccc(C#N)cc2)cc1. The topological polar surface area (TPSA) is 108 Å². The number of hydrogen-bond acceptors (Lipinski definition) is 5. The maximum Gasteiger partial charge on any atom is 0.331 e. The van der Waals surface area contributed by atoms with Gasteiger partial charge in [0, 0.05) is 24.4 Å². The van der Waals surface area contributed by atoms with Crippen LogP contribution in [0.4, 0.5) is 11.4 Å². The molecule has 0 heterocycles. The van der Waals surface area contributed by atoms with Crippen LogP contribution in [0.2, 0.25) is 0 Å². The molecule has 0 aliphatic carbocycles. The van der Waals surface area contributed by atoms with Gasteiger partial charge in [0.05, 0.1) is 11.6 Å². The fraction of sp³-hybridized carbons (Fsp3) is 0.143. The normalized spacial score (nSPS) is 11.3. The first-order valence-electron chi connectivity index (χ1n) is 8.45. The molecule has 2 N–H and O–H groups in total. The number of rotatable bonds is 6. The van der Waals surface area contributed by atoms with Crippen LogP contribution in [0.3, 0.4) is 0 Å². The van der Waals surface area contributed by atoms with Crippen molar-refractivity contribution >= 4 is 35.2 Å². The maximum absolute atomic E-state index is 12.1. The highest BCUT2D eigenvalue weighted by molar-refractivity contribution is 5.97. The molecule has 7 heteroatoms. The third-order valence-electron chi connectivity index (χ3n) is 3.59. The van der Waals surface area contributed by atoms with Crippen LogP contribution in [0.15, 0.2) is 54.6 Å². The smallest absolute Gasteiger partial charge is 0.331 e. The molecule has 2 aromatic rings. The summed E-state index contributed by atoms with van der Waals surface area (Å²) in [5, 5.41) is 14.0. The number of amides is 2. The van der Waals surface area contributed by atoms with Crippen molar-refractivity contribution in [3.8, 4) is 6.07 Å². The second kappa shape index (κ2) is 9.69. The lowest BCUT2D eigenvalue weighted by atomic mass is 10.1. The lowest BCUT2D eigenvalue weighted by Crippen LogP contribution is -2.29. The monoisotopic (exact) mass is 377 g/mol. The van der Waals surface area contributed by atoms with E-state index in [1.165, 1.54) is 26.0 Å². The van der Waals surface area contributed by atoms with E-state index in [0.29, 0.717) is 16.9 Å². The van der Waals surface area contributed by atoms with Crippen LogP contribution in [0, 0.1) is 11.3 Å². The molecule has 28 heavy (non-hydrogen) atoms. The second-order valence-corrected chi connectivity index (χ2v) is 5.89. The van der Waals surface area contributed by atoms with Gasteiger partial charge in [0.25, 0.3) is 5.91 Å². The second-order valence-electron chi connectivity index (χ2n) is 5.89. The van der Waals surface area contributed by atoms with Gasteiger partial charge >= 0.3 is 5.97 Å². The van der Waals surface area contributed by atoms with Gasteiger partial charge in [-0.15, -0.1) is 0 Å². The van der Waals surface area contributed by atoms with Gasteiger partial charge in [-0.3, -0.25) is 9.59 Å². The zero-order chi connectivity index (χ0) is 20.5. The largest absolute Gasteiger partial charge is 0.449 e. The van der Waals surface area contributed by atoms with E-state index in [1.54, 1.807) is 48.5 Å². The van der Waals surface area contributed by atoms with Gasteiger partial charge in [0.2, 0.25) is 5.91 Å². The summed E-state index contributed by atoms with van der Waals surface area (Å²) in [5.41, 5.74) is 2.37. The Morgan fingerprint density at radius 2 is 1.57 bits per heavy atom. The molecule has 2 aromatic carbocycles. The maximum atomic E-state index is 12.1. The Bertz CT molecular complexity index is 926. The van der Waals surface area contributed by atoms with E-state index >= 15 is 0 Å². The summed E-state index contributed by atoms with van der Waals surface area (Å²) in [6.07, 6.45) is 1.76. The Balaban J connectivity index is 1.86. The van der Waals surface area contributed by atoms with Crippen molar-refractivity contribution in [2.45, 2.75) is 20.0 Å². The standard InChI is InChI=1S/C21H19N3O4/c1-14(21(27)24-19-10-8-18(9-11-19)23-15(2)25)28-20(26)12-7-16-3-5-17(13-22)6-4-16/h3-12,14H,1-2H3,(H,23,25)(H,24,27)/b12-7+/t14-/m1/s1. The first kappa shape index (κ1) is 20.4. The average Bonchev–Trinajstić information content (AvgIpc) is 2.67. The Morgan fingerprint density at radius 1 is 1.00 bits per heavy atom. The highest BCUT2D eigenvalue weighted by atomic mass is 16.5. The zero-order valence-corrected chi connectivity index (χ0v) is 15.4. The van der Waals surface area contributed by atoms with Gasteiger partial charge in [0.1, 0.15) is 0 Å². The van der Waals surface area contributed by atoms with Crippen molar-refractivity contribution in [2.24, 2.45) is 0 Å². The molecule has 142 valence electrons. The van der Waals surface area contributed by atoms with Crippen molar-refractivity contribution in [3.63, 3.8) is 0 Å². The Labute approximate surface area is 162 Å². The molecule has 0 fully saturated rings. The van der Waals surface area contributed by atoms with Crippen LogP contribution in [-0.4, -0.2) is 23.9 Å². The number of carbonyl (C=O) groups is 3. The number of carbonyl (C=O) groups excluding carboxylic acids is 3. The van der Waals surface area contributed by atoms with Crippen LogP contribution in [0.1, 0.15) is 25.0 Å². The molecule has 2 amide bonds. The summed E-state index contributed by atoms with van der Waals surface area (Å²) in [6.45, 7) is 2.87. The van der Waals surface area contributed by atoms with E-state index in [-0.39, 0.29) is 5.91 Å². The number of anilines is 2. The first-order chi connectivity index (χ1) is 13.4. The number of nitrogens with one attached hydrogen (secondary N) is 2. The van der Waals surface area contributed by atoms with E-state index in [9.17, 15) is 14.4 Å². The highest BCUT2D eigenvalue weighted by Crippen LogP contribution is 2.14. The lowest BCUT2D eigenvalue weighted by molar-refractivity contribution is -0.148. The van der Waals surface area contributed by atoms with E-state index in [2.05, 4.69) is 10.6 Å². The number of hydrogen-bond donors (Lipinski definition) is 2. The van der Waals surface area contributed by atoms with Gasteiger partial charge in [-0.05, 0) is 55.0 Å². The molecule has 0 aliphatic heterocycles. The minimum Gasteiger partial charge on any atom is -0.449 e. The third kappa shape index (κ3) is 6.42. The number of benzene rings is 2. The summed E-state index contributed by atoms with van der Waals surface area (Å²) >= 11 is 0. The molecular weight excluding hydrogens is 358 g/mol. The molecule has 0 saturated heterocycles. The van der Waals surface area contributed by atoms with Crippen molar-refractivity contribution < 1.29 is 19.1 Å². The molecule has 0 bridgehead atoms. The van der Waals surface area contributed by atoms with E-state index in [4.69, 9.17) is 10.00 Å². The zero-order valence-electron chi connectivity index (χ0n) is 15.4. The van der Waals surface area contributed by atoms with Gasteiger partial charge in [0.15, 0.2) is 6.10 Å². The molecule has 1 atom stereocenters. The summed E-state index contributed by atoms with van der Waals surface area (Å²) < 4.78 is 5.08. The van der Waals surface area contributed by atoms with Crippen molar-refractivity contribution in [1.29, 1.82) is 5.26 Å². The molecular formula is C21H19N3O4. The fourth-order valence-corrected chi connectivity index (χ4v) is 2.18. The number of nitriles is 1. The summed E-state index contributed by atoms with van der Waals surface area (Å²) in [5.74, 6) is -1.33. The molecule has 0 saturated carbocycles. The predicted molar refractivity (Wildman–Crippen MR) is 105 cm³/mol. The van der Waals surface area contributed by atoms with E-state index < -0.39 is 18.0 Å². The lowest BCUT2D eigenvalue weighted by Gasteiger charge is -2.12. The van der Waals surface area contributed by atoms with Gasteiger partial charge in [-0.1, -0.05) is 12.1 Å². The van der Waals surface area contributed by atoms with Gasteiger partial charge in [-0.2, -0.15) is 5.26 Å². The number of esters is 1. The van der Waals surface area contributed by atoms with Crippen LogP contribution in [0.25, 0.3) is 6.08 Å². The molecule has 0 spiro atoms. The van der Waals surface area contributed by atoms with E-state index in [0.717, 1.165) is 5.56 Å².